The van der Waals surface area contributed by atoms with Crippen molar-refractivity contribution in [1.29, 1.82) is 0 Å². The maximum Gasteiger partial charge on any atom is 0.163 e. The van der Waals surface area contributed by atoms with E-state index in [-0.39, 0.29) is 5.78 Å². The predicted molar refractivity (Wildman–Crippen MR) is 70.0 cm³/mol. The Morgan fingerprint density at radius 2 is 2.00 bits per heavy atom. The molecule has 0 atom stereocenters. The molecule has 1 aromatic carbocycles. The average molecular weight is 246 g/mol. The van der Waals surface area contributed by atoms with Crippen molar-refractivity contribution in [3.05, 3.63) is 52.2 Å². The van der Waals surface area contributed by atoms with Crippen LogP contribution in [0.3, 0.4) is 0 Å². The van der Waals surface area contributed by atoms with E-state index < -0.39 is 0 Å². The van der Waals surface area contributed by atoms with E-state index in [9.17, 15) is 4.79 Å². The maximum absolute atomic E-state index is 11.9. The molecule has 0 spiro atoms. The van der Waals surface area contributed by atoms with Gasteiger partial charge in [0, 0.05) is 16.9 Å². The Bertz CT molecular complexity index is 471. The molecule has 2 aromatic rings. The van der Waals surface area contributed by atoms with E-state index in [1.54, 1.807) is 18.4 Å². The third-order valence-electron chi connectivity index (χ3n) is 2.59. The molecule has 0 amide bonds. The third-order valence-corrected chi connectivity index (χ3v) is 3.53. The summed E-state index contributed by atoms with van der Waals surface area (Å²) < 4.78 is 5.06. The summed E-state index contributed by atoms with van der Waals surface area (Å²) in [5.74, 6) is 0.959. The molecule has 0 saturated heterocycles. The summed E-state index contributed by atoms with van der Waals surface area (Å²) in [5, 5.41) is 2.03. The second-order valence-electron chi connectivity index (χ2n) is 3.73. The number of methoxy groups -OCH3 is 1. The SMILES string of the molecule is COc1ccc(C(=O)CCc2cccs2)cc1. The van der Waals surface area contributed by atoms with Crippen molar-refractivity contribution in [2.24, 2.45) is 0 Å². The van der Waals surface area contributed by atoms with Crippen molar-refractivity contribution in [2.45, 2.75) is 12.8 Å². The molecule has 17 heavy (non-hydrogen) atoms. The Kier molecular flexibility index (Phi) is 3.94. The van der Waals surface area contributed by atoms with Crippen LogP contribution in [0, 0.1) is 0 Å². The first-order valence-electron chi connectivity index (χ1n) is 5.49. The number of thiophene rings is 1. The van der Waals surface area contributed by atoms with Gasteiger partial charge in [0.2, 0.25) is 0 Å². The maximum atomic E-state index is 11.9. The summed E-state index contributed by atoms with van der Waals surface area (Å²) in [6.07, 6.45) is 1.38. The predicted octanol–water partition coefficient (Wildman–Crippen LogP) is 3.57. The Morgan fingerprint density at radius 1 is 1.24 bits per heavy atom. The van der Waals surface area contributed by atoms with Gasteiger partial charge in [0.1, 0.15) is 5.75 Å². The molecule has 88 valence electrons. The normalized spacial score (nSPS) is 10.2. The van der Waals surface area contributed by atoms with Gasteiger partial charge < -0.3 is 4.74 Å². The molecule has 1 heterocycles. The summed E-state index contributed by atoms with van der Waals surface area (Å²) in [7, 11) is 1.62. The smallest absolute Gasteiger partial charge is 0.163 e. The minimum atomic E-state index is 0.182. The zero-order chi connectivity index (χ0) is 12.1. The van der Waals surface area contributed by atoms with Crippen LogP contribution in [0.2, 0.25) is 0 Å². The lowest BCUT2D eigenvalue weighted by Crippen LogP contribution is -2.00. The second kappa shape index (κ2) is 5.64. The molecular weight excluding hydrogens is 232 g/mol. The van der Waals surface area contributed by atoms with Crippen molar-refractivity contribution in [3.8, 4) is 5.75 Å². The van der Waals surface area contributed by atoms with Crippen molar-refractivity contribution in [2.75, 3.05) is 7.11 Å². The number of rotatable bonds is 5. The minimum absolute atomic E-state index is 0.182. The van der Waals surface area contributed by atoms with Crippen LogP contribution >= 0.6 is 11.3 Å². The van der Waals surface area contributed by atoms with Crippen LogP contribution < -0.4 is 4.74 Å². The first kappa shape index (κ1) is 11.9. The minimum Gasteiger partial charge on any atom is -0.497 e. The Balaban J connectivity index is 1.95. The fourth-order valence-corrected chi connectivity index (χ4v) is 2.32. The molecule has 1 aromatic heterocycles. The Hall–Kier alpha value is -1.61. The van der Waals surface area contributed by atoms with Crippen molar-refractivity contribution < 1.29 is 9.53 Å². The first-order chi connectivity index (χ1) is 8.29. The lowest BCUT2D eigenvalue weighted by molar-refractivity contribution is 0.0983. The van der Waals surface area contributed by atoms with Crippen LogP contribution in [0.5, 0.6) is 5.75 Å². The van der Waals surface area contributed by atoms with Crippen molar-refractivity contribution in [3.63, 3.8) is 0 Å². The van der Waals surface area contributed by atoms with Crippen LogP contribution in [-0.2, 0) is 6.42 Å². The number of carbonyl (C=O) groups is 1. The molecule has 0 aliphatic rings. The van der Waals surface area contributed by atoms with Gasteiger partial charge in [0.15, 0.2) is 5.78 Å². The Morgan fingerprint density at radius 3 is 2.59 bits per heavy atom. The zero-order valence-electron chi connectivity index (χ0n) is 9.68. The van der Waals surface area contributed by atoms with Gasteiger partial charge in [-0.2, -0.15) is 0 Å². The van der Waals surface area contributed by atoms with Gasteiger partial charge in [0.25, 0.3) is 0 Å². The second-order valence-corrected chi connectivity index (χ2v) is 4.76. The highest BCUT2D eigenvalue weighted by Crippen LogP contribution is 2.15. The number of carbonyl (C=O) groups excluding carboxylic acids is 1. The fraction of sp³-hybridized carbons (Fsp3) is 0.214. The van der Waals surface area contributed by atoms with Crippen molar-refractivity contribution >= 4 is 17.1 Å². The van der Waals surface area contributed by atoms with Gasteiger partial charge in [-0.1, -0.05) is 6.07 Å². The van der Waals surface area contributed by atoms with Gasteiger partial charge in [-0.15, -0.1) is 11.3 Å². The lowest BCUT2D eigenvalue weighted by Gasteiger charge is -2.02. The van der Waals surface area contributed by atoms with Crippen LogP contribution in [0.4, 0.5) is 0 Å². The summed E-state index contributed by atoms with van der Waals surface area (Å²) in [6, 6.07) is 11.3. The standard InChI is InChI=1S/C14H14O2S/c1-16-12-6-4-11(5-7-12)14(15)9-8-13-3-2-10-17-13/h2-7,10H,8-9H2,1H3. The van der Waals surface area contributed by atoms with E-state index in [4.69, 9.17) is 4.74 Å². The molecule has 0 unspecified atom stereocenters. The van der Waals surface area contributed by atoms with Crippen LogP contribution in [0.25, 0.3) is 0 Å². The van der Waals surface area contributed by atoms with Gasteiger partial charge in [-0.3, -0.25) is 4.79 Å². The molecule has 2 nitrogen and oxygen atoms in total. The first-order valence-corrected chi connectivity index (χ1v) is 6.37. The number of aryl methyl sites for hydroxylation is 1. The molecule has 0 aliphatic heterocycles. The molecule has 0 fully saturated rings. The number of ether oxygens (including phenoxy) is 1. The molecule has 3 heteroatoms. The van der Waals surface area contributed by atoms with Gasteiger partial charge in [-0.05, 0) is 42.1 Å². The van der Waals surface area contributed by atoms with Crippen LogP contribution in [0.15, 0.2) is 41.8 Å². The highest BCUT2D eigenvalue weighted by atomic mass is 32.1. The van der Waals surface area contributed by atoms with E-state index in [2.05, 4.69) is 6.07 Å². The highest BCUT2D eigenvalue weighted by molar-refractivity contribution is 7.09. The number of ketones is 1. The van der Waals surface area contributed by atoms with Gasteiger partial charge in [-0.25, -0.2) is 0 Å². The summed E-state index contributed by atoms with van der Waals surface area (Å²) in [4.78, 5) is 13.2. The third kappa shape index (κ3) is 3.17. The van der Waals surface area contributed by atoms with E-state index in [0.29, 0.717) is 6.42 Å². The summed E-state index contributed by atoms with van der Waals surface area (Å²) in [5.41, 5.74) is 0.752. The molecule has 0 aliphatic carbocycles. The molecular formula is C14H14O2S. The molecule has 0 saturated carbocycles. The largest absolute Gasteiger partial charge is 0.497 e. The summed E-state index contributed by atoms with van der Waals surface area (Å²) in [6.45, 7) is 0. The number of hydrogen-bond acceptors (Lipinski definition) is 3. The van der Waals surface area contributed by atoms with Crippen LogP contribution in [-0.4, -0.2) is 12.9 Å². The highest BCUT2D eigenvalue weighted by Gasteiger charge is 2.06. The Labute approximate surface area is 105 Å². The average Bonchev–Trinajstić information content (AvgIpc) is 2.89. The lowest BCUT2D eigenvalue weighted by atomic mass is 10.1. The van der Waals surface area contributed by atoms with E-state index >= 15 is 0 Å². The zero-order valence-corrected chi connectivity index (χ0v) is 10.5. The van der Waals surface area contributed by atoms with E-state index in [1.165, 1.54) is 4.88 Å². The fourth-order valence-electron chi connectivity index (χ4n) is 1.61. The van der Waals surface area contributed by atoms with Gasteiger partial charge in [0.05, 0.1) is 7.11 Å². The number of benzene rings is 1. The van der Waals surface area contributed by atoms with E-state index in [0.717, 1.165) is 17.7 Å². The van der Waals surface area contributed by atoms with E-state index in [1.807, 2.05) is 35.7 Å². The van der Waals surface area contributed by atoms with Crippen LogP contribution in [0.1, 0.15) is 21.7 Å². The molecule has 0 radical (unpaired) electrons. The monoisotopic (exact) mass is 246 g/mol. The topological polar surface area (TPSA) is 26.3 Å². The number of hydrogen-bond donors (Lipinski definition) is 0. The summed E-state index contributed by atoms with van der Waals surface area (Å²) >= 11 is 1.69. The molecule has 0 N–H and O–H groups in total. The quantitative estimate of drug-likeness (QED) is 0.754. The molecule has 0 bridgehead atoms. The number of Topliss-reactive ketones (excluding diaryl/α,β-unsaturated/α-hetero) is 1. The molecule has 2 rings (SSSR count). The van der Waals surface area contributed by atoms with Gasteiger partial charge >= 0.3 is 0 Å². The van der Waals surface area contributed by atoms with Crippen molar-refractivity contribution in [1.82, 2.24) is 0 Å².